The summed E-state index contributed by atoms with van der Waals surface area (Å²) in [5.74, 6) is 0. The number of sulfonamides is 2. The maximum atomic E-state index is 10.8. The van der Waals surface area contributed by atoms with Gasteiger partial charge in [-0.1, -0.05) is 0 Å². The molecule has 0 aromatic carbocycles. The van der Waals surface area contributed by atoms with Crippen molar-refractivity contribution < 1.29 is 16.8 Å². The van der Waals surface area contributed by atoms with Crippen LogP contribution in [0.5, 0.6) is 0 Å². The summed E-state index contributed by atoms with van der Waals surface area (Å²) in [5.41, 5.74) is 0. The van der Waals surface area contributed by atoms with E-state index < -0.39 is 25.2 Å². The van der Waals surface area contributed by atoms with Crippen molar-refractivity contribution in [3.63, 3.8) is 0 Å². The molecule has 0 fully saturated rings. The van der Waals surface area contributed by atoms with Gasteiger partial charge in [0.2, 0.25) is 20.0 Å². The maximum Gasteiger partial charge on any atom is 0.247 e. The first-order valence-corrected chi connectivity index (χ1v) is 6.69. The van der Waals surface area contributed by atoms with Crippen molar-refractivity contribution in [3.8, 4) is 0 Å². The number of amidine groups is 1. The van der Waals surface area contributed by atoms with Crippen LogP contribution in [0.4, 0.5) is 0 Å². The van der Waals surface area contributed by atoms with Crippen molar-refractivity contribution >= 4 is 37.8 Å². The molecule has 0 heterocycles. The van der Waals surface area contributed by atoms with Gasteiger partial charge in [-0.15, -0.1) is 16.3 Å². The van der Waals surface area contributed by atoms with E-state index in [1.807, 2.05) is 0 Å². The summed E-state index contributed by atoms with van der Waals surface area (Å²) >= 11 is 3.33. The Morgan fingerprint density at radius 3 is 1.42 bits per heavy atom. The van der Waals surface area contributed by atoms with E-state index >= 15 is 0 Å². The average molecular weight is 232 g/mol. The molecule has 0 unspecified atom stereocenters. The summed E-state index contributed by atoms with van der Waals surface area (Å²) in [7, 11) is -7.95. The van der Waals surface area contributed by atoms with Crippen molar-refractivity contribution in [1.82, 2.24) is 3.71 Å². The van der Waals surface area contributed by atoms with Gasteiger partial charge >= 0.3 is 0 Å². The van der Waals surface area contributed by atoms with Crippen molar-refractivity contribution in [3.05, 3.63) is 0 Å². The Morgan fingerprint density at radius 2 is 1.42 bits per heavy atom. The summed E-state index contributed by atoms with van der Waals surface area (Å²) in [6.07, 6.45) is 1.36. The lowest BCUT2D eigenvalue weighted by Gasteiger charge is -2.16. The summed E-state index contributed by atoms with van der Waals surface area (Å²) < 4.78 is 43.0. The van der Waals surface area contributed by atoms with E-state index in [1.165, 1.54) is 0 Å². The Hall–Kier alpha value is -0.280. The van der Waals surface area contributed by atoms with E-state index in [1.54, 1.807) is 0 Å². The number of nitrogens with zero attached hydrogens (tertiary/aromatic N) is 1. The Bertz CT molecular complexity index is 348. The number of rotatable bonds is 2. The van der Waals surface area contributed by atoms with Crippen LogP contribution in [0.2, 0.25) is 0 Å². The maximum absolute atomic E-state index is 10.8. The molecule has 0 aliphatic rings. The SMILES string of the molecule is CS(=O)(=O)N(C(=N)S)S(C)(=O)=O. The Balaban J connectivity index is 5.42. The molecule has 0 aliphatic carbocycles. The molecule has 6 nitrogen and oxygen atoms in total. The molecule has 0 rings (SSSR count). The molecule has 0 saturated heterocycles. The van der Waals surface area contributed by atoms with Crippen LogP contribution in [-0.2, 0) is 20.0 Å². The van der Waals surface area contributed by atoms with Crippen LogP contribution in [-0.4, -0.2) is 38.2 Å². The molecule has 0 aromatic heterocycles. The highest BCUT2D eigenvalue weighted by molar-refractivity contribution is 8.08. The lowest BCUT2D eigenvalue weighted by molar-refractivity contribution is 0.555. The lowest BCUT2D eigenvalue weighted by atomic mass is 11.4. The zero-order valence-electron chi connectivity index (χ0n) is 6.34. The molecule has 12 heavy (non-hydrogen) atoms. The van der Waals surface area contributed by atoms with Gasteiger partial charge in [0.05, 0.1) is 12.5 Å². The van der Waals surface area contributed by atoms with Gasteiger partial charge in [-0.2, -0.15) is 0 Å². The molecule has 72 valence electrons. The largest absolute Gasteiger partial charge is 0.277 e. The van der Waals surface area contributed by atoms with Crippen molar-refractivity contribution in [2.75, 3.05) is 12.5 Å². The van der Waals surface area contributed by atoms with Crippen molar-refractivity contribution in [2.45, 2.75) is 0 Å². The van der Waals surface area contributed by atoms with Crippen LogP contribution in [0.15, 0.2) is 0 Å². The minimum atomic E-state index is -3.98. The molecular formula is C3H8N2O4S3. The Kier molecular flexibility index (Phi) is 3.15. The first-order chi connectivity index (χ1) is 5.07. The molecule has 9 heteroatoms. The van der Waals surface area contributed by atoms with E-state index in [9.17, 15) is 16.8 Å². The fourth-order valence-corrected chi connectivity index (χ4v) is 4.05. The normalized spacial score (nSPS) is 12.6. The summed E-state index contributed by atoms with van der Waals surface area (Å²) in [6, 6.07) is 0. The van der Waals surface area contributed by atoms with Crippen molar-refractivity contribution in [2.24, 2.45) is 0 Å². The van der Waals surface area contributed by atoms with Gasteiger partial charge in [-0.25, -0.2) is 16.8 Å². The second-order valence-corrected chi connectivity index (χ2v) is 6.36. The van der Waals surface area contributed by atoms with Gasteiger partial charge in [-0.3, -0.25) is 5.41 Å². The first kappa shape index (κ1) is 11.7. The van der Waals surface area contributed by atoms with Crippen LogP contribution < -0.4 is 0 Å². The summed E-state index contributed by atoms with van der Waals surface area (Å²) in [5, 5.41) is 5.95. The highest BCUT2D eigenvalue weighted by atomic mass is 32.3. The number of thiol groups is 1. The van der Waals surface area contributed by atoms with E-state index in [2.05, 4.69) is 12.6 Å². The van der Waals surface area contributed by atoms with Gasteiger partial charge in [0.25, 0.3) is 0 Å². The standard InChI is InChI=1S/C3H8N2O4S3/c1-11(6,7)5(3(4)10)12(2,8)9/h1-2H3,(H2,4,10). The van der Waals surface area contributed by atoms with Gasteiger partial charge in [0.1, 0.15) is 0 Å². The zero-order valence-corrected chi connectivity index (χ0v) is 8.87. The van der Waals surface area contributed by atoms with Crippen LogP contribution in [0.3, 0.4) is 0 Å². The highest BCUT2D eigenvalue weighted by Crippen LogP contribution is 2.07. The third-order valence-corrected chi connectivity index (χ3v) is 4.44. The third kappa shape index (κ3) is 2.99. The smallest absolute Gasteiger partial charge is 0.247 e. The average Bonchev–Trinajstić information content (AvgIpc) is 1.49. The lowest BCUT2D eigenvalue weighted by Crippen LogP contribution is -2.37. The first-order valence-electron chi connectivity index (χ1n) is 2.55. The molecule has 0 aromatic rings. The summed E-state index contributed by atoms with van der Waals surface area (Å²) in [6.45, 7) is 0. The van der Waals surface area contributed by atoms with Crippen molar-refractivity contribution in [1.29, 1.82) is 5.41 Å². The second-order valence-electron chi connectivity index (χ2n) is 2.05. The topological polar surface area (TPSA) is 95.4 Å². The van der Waals surface area contributed by atoms with Gasteiger partial charge < -0.3 is 0 Å². The van der Waals surface area contributed by atoms with E-state index in [0.29, 0.717) is 12.5 Å². The van der Waals surface area contributed by atoms with Gasteiger partial charge in [0.15, 0.2) is 5.17 Å². The Labute approximate surface area is 76.6 Å². The van der Waals surface area contributed by atoms with Crippen LogP contribution in [0.25, 0.3) is 0 Å². The fourth-order valence-electron chi connectivity index (χ4n) is 0.560. The Morgan fingerprint density at radius 1 is 1.17 bits per heavy atom. The number of hydrogen-bond acceptors (Lipinski definition) is 5. The van der Waals surface area contributed by atoms with Crippen LogP contribution in [0.1, 0.15) is 0 Å². The second kappa shape index (κ2) is 3.23. The quantitative estimate of drug-likeness (QED) is 0.365. The minimum absolute atomic E-state index is 0.0664. The van der Waals surface area contributed by atoms with Gasteiger partial charge in [0, 0.05) is 0 Å². The molecule has 0 atom stereocenters. The van der Waals surface area contributed by atoms with E-state index in [-0.39, 0.29) is 3.71 Å². The third-order valence-electron chi connectivity index (χ3n) is 0.775. The monoisotopic (exact) mass is 232 g/mol. The molecular weight excluding hydrogens is 224 g/mol. The molecule has 0 radical (unpaired) electrons. The number of hydrogen-bond donors (Lipinski definition) is 2. The number of nitrogens with one attached hydrogen (secondary N) is 1. The molecule has 1 N–H and O–H groups in total. The molecule has 0 aliphatic heterocycles. The van der Waals surface area contributed by atoms with Gasteiger partial charge in [-0.05, 0) is 0 Å². The molecule has 0 spiro atoms. The van der Waals surface area contributed by atoms with Crippen LogP contribution >= 0.6 is 12.6 Å². The molecule has 0 bridgehead atoms. The van der Waals surface area contributed by atoms with E-state index in [4.69, 9.17) is 5.41 Å². The predicted molar refractivity (Wildman–Crippen MR) is 48.2 cm³/mol. The summed E-state index contributed by atoms with van der Waals surface area (Å²) in [4.78, 5) is 0. The minimum Gasteiger partial charge on any atom is -0.277 e. The predicted octanol–water partition coefficient (Wildman–Crippen LogP) is -0.928. The highest BCUT2D eigenvalue weighted by Gasteiger charge is 2.27. The fraction of sp³-hybridized carbons (Fsp3) is 0.667. The van der Waals surface area contributed by atoms with E-state index in [0.717, 1.165) is 0 Å². The van der Waals surface area contributed by atoms with Crippen LogP contribution in [0, 0.1) is 5.41 Å². The zero-order chi connectivity index (χ0) is 10.2. The molecule has 0 saturated carbocycles. The molecule has 0 amide bonds.